The van der Waals surface area contributed by atoms with E-state index in [1.54, 1.807) is 0 Å². The molecule has 6 heteroatoms. The normalized spacial score (nSPS) is 12.8. The van der Waals surface area contributed by atoms with E-state index in [2.05, 4.69) is 55.6 Å². The van der Waals surface area contributed by atoms with Gasteiger partial charge in [-0.25, -0.2) is 0 Å². The number of amides is 1. The van der Waals surface area contributed by atoms with E-state index in [0.29, 0.717) is 25.9 Å². The minimum absolute atomic E-state index is 0.0170. The van der Waals surface area contributed by atoms with E-state index >= 15 is 0 Å². The van der Waals surface area contributed by atoms with Crippen LogP contribution in [0.1, 0.15) is 361 Å². The Kier molecular flexibility index (Phi) is 62.0. The summed E-state index contributed by atoms with van der Waals surface area (Å²) in [5.41, 5.74) is 0. The third kappa shape index (κ3) is 59.3. The van der Waals surface area contributed by atoms with Crippen molar-refractivity contribution >= 4 is 11.9 Å². The summed E-state index contributed by atoms with van der Waals surface area (Å²) >= 11 is 0. The van der Waals surface area contributed by atoms with Crippen LogP contribution in [0.25, 0.3) is 0 Å². The van der Waals surface area contributed by atoms with Crippen LogP contribution in [0.3, 0.4) is 0 Å². The van der Waals surface area contributed by atoms with Crippen LogP contribution in [0, 0.1) is 0 Å². The number of hydrogen-bond donors (Lipinski definition) is 3. The quantitative estimate of drug-likeness (QED) is 0.0320. The van der Waals surface area contributed by atoms with Gasteiger partial charge >= 0.3 is 5.97 Å². The molecule has 436 valence electrons. The molecule has 0 heterocycles. The maximum absolute atomic E-state index is 12.5. The number of nitrogens with one attached hydrogen (secondary N) is 1. The molecule has 0 radical (unpaired) electrons. The minimum atomic E-state index is -0.677. The van der Waals surface area contributed by atoms with E-state index < -0.39 is 12.1 Å². The van der Waals surface area contributed by atoms with Gasteiger partial charge in [-0.1, -0.05) is 301 Å². The van der Waals surface area contributed by atoms with E-state index in [-0.39, 0.29) is 18.5 Å². The third-order valence-corrected chi connectivity index (χ3v) is 15.4. The molecule has 0 aromatic carbocycles. The average molecular weight is 1040 g/mol. The summed E-state index contributed by atoms with van der Waals surface area (Å²) in [6.07, 6.45) is 80.2. The molecule has 0 bridgehead atoms. The van der Waals surface area contributed by atoms with Gasteiger partial charge in [-0.05, 0) is 83.5 Å². The lowest BCUT2D eigenvalue weighted by Gasteiger charge is -2.22. The first-order valence-electron chi connectivity index (χ1n) is 33.2. The van der Waals surface area contributed by atoms with Gasteiger partial charge in [-0.15, -0.1) is 0 Å². The Morgan fingerprint density at radius 2 is 0.676 bits per heavy atom. The fourth-order valence-corrected chi connectivity index (χ4v) is 10.3. The predicted octanol–water partition coefficient (Wildman–Crippen LogP) is 21.1. The largest absolute Gasteiger partial charge is 0.466 e. The second-order valence-corrected chi connectivity index (χ2v) is 22.8. The first kappa shape index (κ1) is 72.1. The molecule has 0 aliphatic rings. The molecule has 1 amide bonds. The van der Waals surface area contributed by atoms with Crippen LogP contribution in [-0.4, -0.2) is 47.4 Å². The standard InChI is InChI=1S/C68H129NO5/c1-3-5-7-9-11-13-15-17-19-21-22-23-24-25-26-27-28-30-32-36-40-44-48-52-56-60-66(71)65(64-70)69-67(72)61-57-53-49-45-41-37-33-31-35-39-43-47-51-55-59-63-74-68(73)62-58-54-50-46-42-38-34-29-20-18-16-14-12-10-8-6-4-2/h12,14,18,20,35,39,65-66,70-71H,3-11,13,15-17,19,21-34,36-38,40-64H2,1-2H3,(H,69,72)/b14-12-,20-18-,39-35-. The SMILES string of the molecule is CCCCC/C=C\C/C=C\CCCCCCCCCC(=O)OCCCCCC/C=C\CCCCCCCCCC(=O)NC(CO)C(O)CCCCCCCCCCCCCCCCCCCCCCCCCCC. The lowest BCUT2D eigenvalue weighted by atomic mass is 10.0. The summed E-state index contributed by atoms with van der Waals surface area (Å²) in [6.45, 7) is 4.92. The second-order valence-electron chi connectivity index (χ2n) is 22.8. The molecule has 0 aromatic rings. The molecule has 0 saturated carbocycles. The van der Waals surface area contributed by atoms with Crippen molar-refractivity contribution in [2.45, 2.75) is 373 Å². The van der Waals surface area contributed by atoms with E-state index in [0.717, 1.165) is 77.0 Å². The average Bonchev–Trinajstić information content (AvgIpc) is 3.40. The van der Waals surface area contributed by atoms with Gasteiger partial charge < -0.3 is 20.3 Å². The molecule has 3 N–H and O–H groups in total. The Morgan fingerprint density at radius 3 is 1.07 bits per heavy atom. The fraction of sp³-hybridized carbons (Fsp3) is 0.882. The van der Waals surface area contributed by atoms with Gasteiger partial charge in [0.15, 0.2) is 0 Å². The van der Waals surface area contributed by atoms with Crippen LogP contribution >= 0.6 is 0 Å². The lowest BCUT2D eigenvalue weighted by molar-refractivity contribution is -0.143. The maximum Gasteiger partial charge on any atom is 0.305 e. The fourth-order valence-electron chi connectivity index (χ4n) is 10.3. The summed E-state index contributed by atoms with van der Waals surface area (Å²) in [5.74, 6) is -0.0640. The van der Waals surface area contributed by atoms with Gasteiger partial charge in [-0.2, -0.15) is 0 Å². The summed E-state index contributed by atoms with van der Waals surface area (Å²) in [4.78, 5) is 24.6. The van der Waals surface area contributed by atoms with Gasteiger partial charge in [0.2, 0.25) is 5.91 Å². The van der Waals surface area contributed by atoms with Crippen molar-refractivity contribution in [2.75, 3.05) is 13.2 Å². The molecule has 74 heavy (non-hydrogen) atoms. The summed E-state index contributed by atoms with van der Waals surface area (Å²) < 4.78 is 5.47. The number of ether oxygens (including phenoxy) is 1. The monoisotopic (exact) mass is 1040 g/mol. The molecule has 0 fully saturated rings. The zero-order valence-electron chi connectivity index (χ0n) is 49.8. The molecule has 6 nitrogen and oxygen atoms in total. The Morgan fingerprint density at radius 1 is 0.378 bits per heavy atom. The van der Waals surface area contributed by atoms with Gasteiger partial charge in [0.25, 0.3) is 0 Å². The van der Waals surface area contributed by atoms with Gasteiger partial charge in [0.1, 0.15) is 0 Å². The summed E-state index contributed by atoms with van der Waals surface area (Å²) in [7, 11) is 0. The number of carbonyl (C=O) groups excluding carboxylic acids is 2. The Bertz CT molecular complexity index is 1200. The zero-order valence-corrected chi connectivity index (χ0v) is 49.8. The molecule has 0 saturated heterocycles. The molecule has 0 aromatic heterocycles. The maximum atomic E-state index is 12.5. The number of allylic oxidation sites excluding steroid dienone is 6. The number of aliphatic hydroxyl groups is 2. The molecule has 0 aliphatic carbocycles. The van der Waals surface area contributed by atoms with Crippen molar-refractivity contribution < 1.29 is 24.5 Å². The molecule has 0 spiro atoms. The Hall–Kier alpha value is -1.92. The van der Waals surface area contributed by atoms with Crippen molar-refractivity contribution in [1.82, 2.24) is 5.32 Å². The lowest BCUT2D eigenvalue weighted by Crippen LogP contribution is -2.45. The van der Waals surface area contributed by atoms with Crippen molar-refractivity contribution in [3.05, 3.63) is 36.5 Å². The van der Waals surface area contributed by atoms with Crippen LogP contribution in [0.15, 0.2) is 36.5 Å². The number of carbonyl (C=O) groups is 2. The first-order valence-corrected chi connectivity index (χ1v) is 33.2. The third-order valence-electron chi connectivity index (χ3n) is 15.4. The van der Waals surface area contributed by atoms with Crippen molar-refractivity contribution in [2.24, 2.45) is 0 Å². The smallest absolute Gasteiger partial charge is 0.305 e. The van der Waals surface area contributed by atoms with Crippen molar-refractivity contribution in [1.29, 1.82) is 0 Å². The number of hydrogen-bond acceptors (Lipinski definition) is 5. The highest BCUT2D eigenvalue weighted by Gasteiger charge is 2.20. The molecular formula is C68H129NO5. The molecule has 0 rings (SSSR count). The zero-order chi connectivity index (χ0) is 53.6. The summed E-state index contributed by atoms with van der Waals surface area (Å²) in [6, 6.07) is -0.555. The highest BCUT2D eigenvalue weighted by atomic mass is 16.5. The van der Waals surface area contributed by atoms with Crippen LogP contribution in [-0.2, 0) is 14.3 Å². The Labute approximate surface area is 462 Å². The van der Waals surface area contributed by atoms with E-state index in [9.17, 15) is 19.8 Å². The molecule has 2 atom stereocenters. The number of unbranched alkanes of at least 4 members (excludes halogenated alkanes) is 45. The highest BCUT2D eigenvalue weighted by molar-refractivity contribution is 5.76. The predicted molar refractivity (Wildman–Crippen MR) is 324 cm³/mol. The molecule has 2 unspecified atom stereocenters. The van der Waals surface area contributed by atoms with Crippen LogP contribution in [0.2, 0.25) is 0 Å². The van der Waals surface area contributed by atoms with Gasteiger partial charge in [0, 0.05) is 12.8 Å². The van der Waals surface area contributed by atoms with E-state index in [4.69, 9.17) is 4.74 Å². The van der Waals surface area contributed by atoms with Crippen LogP contribution < -0.4 is 5.32 Å². The number of rotatable bonds is 62. The summed E-state index contributed by atoms with van der Waals surface area (Å²) in [5, 5.41) is 23.4. The number of esters is 1. The topological polar surface area (TPSA) is 95.9 Å². The molecular weight excluding hydrogens is 911 g/mol. The van der Waals surface area contributed by atoms with Gasteiger partial charge in [-0.3, -0.25) is 9.59 Å². The van der Waals surface area contributed by atoms with E-state index in [1.807, 2.05) is 0 Å². The van der Waals surface area contributed by atoms with Crippen LogP contribution in [0.5, 0.6) is 0 Å². The number of aliphatic hydroxyl groups excluding tert-OH is 2. The second kappa shape index (κ2) is 63.6. The Balaban J connectivity index is 3.46. The first-order chi connectivity index (χ1) is 36.5. The minimum Gasteiger partial charge on any atom is -0.466 e. The van der Waals surface area contributed by atoms with Crippen LogP contribution in [0.4, 0.5) is 0 Å². The van der Waals surface area contributed by atoms with Gasteiger partial charge in [0.05, 0.1) is 25.4 Å². The molecule has 0 aliphatic heterocycles. The van der Waals surface area contributed by atoms with Crippen molar-refractivity contribution in [3.63, 3.8) is 0 Å². The van der Waals surface area contributed by atoms with E-state index in [1.165, 1.54) is 250 Å². The highest BCUT2D eigenvalue weighted by Crippen LogP contribution is 2.18. The van der Waals surface area contributed by atoms with Crippen molar-refractivity contribution in [3.8, 4) is 0 Å².